The average molecular weight is 378 g/mol. The standard InChI is InChI=1S/C23H26N2O3/c1-14-18(13-24)21(27)25(17-7-5-6-8-17)22(28)19(14)20(26)15-9-11-16(12-10-15)23(2,3)4/h9-12,17,28H,5-8H2,1-4H3. The van der Waals surface area contributed by atoms with Crippen LogP contribution in [0.25, 0.3) is 0 Å². The number of carbonyl (C=O) groups is 1. The Hall–Kier alpha value is -2.87. The molecule has 0 unspecified atom stereocenters. The number of aromatic nitrogens is 1. The molecule has 0 aliphatic heterocycles. The smallest absolute Gasteiger partial charge is 0.271 e. The van der Waals surface area contributed by atoms with Gasteiger partial charge in [0.1, 0.15) is 11.6 Å². The van der Waals surface area contributed by atoms with Gasteiger partial charge in [0.25, 0.3) is 5.56 Å². The van der Waals surface area contributed by atoms with E-state index in [0.29, 0.717) is 5.56 Å². The van der Waals surface area contributed by atoms with E-state index < -0.39 is 5.56 Å². The highest BCUT2D eigenvalue weighted by molar-refractivity contribution is 6.11. The van der Waals surface area contributed by atoms with Crippen molar-refractivity contribution in [1.29, 1.82) is 5.26 Å². The van der Waals surface area contributed by atoms with Crippen molar-refractivity contribution in [3.8, 4) is 11.9 Å². The zero-order chi connectivity index (χ0) is 20.6. The fourth-order valence-corrected chi connectivity index (χ4v) is 3.96. The first kappa shape index (κ1) is 19.9. The van der Waals surface area contributed by atoms with Crippen LogP contribution in [0.3, 0.4) is 0 Å². The lowest BCUT2D eigenvalue weighted by Gasteiger charge is -2.21. The quantitative estimate of drug-likeness (QED) is 0.804. The summed E-state index contributed by atoms with van der Waals surface area (Å²) >= 11 is 0. The van der Waals surface area contributed by atoms with Crippen LogP contribution < -0.4 is 5.56 Å². The van der Waals surface area contributed by atoms with Crippen molar-refractivity contribution in [1.82, 2.24) is 4.57 Å². The lowest BCUT2D eigenvalue weighted by atomic mass is 9.86. The highest BCUT2D eigenvalue weighted by Gasteiger charge is 2.29. The number of ketones is 1. The Morgan fingerprint density at radius 2 is 1.75 bits per heavy atom. The summed E-state index contributed by atoms with van der Waals surface area (Å²) in [6.45, 7) is 7.83. The highest BCUT2D eigenvalue weighted by Crippen LogP contribution is 2.34. The minimum absolute atomic E-state index is 0.0384. The summed E-state index contributed by atoms with van der Waals surface area (Å²) in [6.07, 6.45) is 3.44. The Bertz CT molecular complexity index is 1010. The molecule has 1 fully saturated rings. The molecule has 0 spiro atoms. The van der Waals surface area contributed by atoms with Gasteiger partial charge in [-0.3, -0.25) is 14.2 Å². The first-order chi connectivity index (χ1) is 13.2. The fraction of sp³-hybridized carbons (Fsp3) is 0.435. The van der Waals surface area contributed by atoms with E-state index in [9.17, 15) is 20.0 Å². The summed E-state index contributed by atoms with van der Waals surface area (Å²) in [4.78, 5) is 26.0. The van der Waals surface area contributed by atoms with E-state index in [2.05, 4.69) is 20.8 Å². The zero-order valence-corrected chi connectivity index (χ0v) is 16.9. The molecule has 0 atom stereocenters. The Balaban J connectivity index is 2.15. The second-order valence-electron chi connectivity index (χ2n) is 8.58. The number of aromatic hydroxyl groups is 1. The molecule has 0 radical (unpaired) electrons. The van der Waals surface area contributed by atoms with Crippen molar-refractivity contribution in [3.05, 3.63) is 62.4 Å². The monoisotopic (exact) mass is 378 g/mol. The molecule has 2 aromatic rings. The molecular formula is C23H26N2O3. The molecule has 5 nitrogen and oxygen atoms in total. The highest BCUT2D eigenvalue weighted by atomic mass is 16.3. The number of nitriles is 1. The lowest BCUT2D eigenvalue weighted by molar-refractivity contribution is 0.103. The van der Waals surface area contributed by atoms with E-state index in [-0.39, 0.29) is 39.8 Å². The summed E-state index contributed by atoms with van der Waals surface area (Å²) in [7, 11) is 0. The van der Waals surface area contributed by atoms with Gasteiger partial charge in [-0.2, -0.15) is 5.26 Å². The maximum Gasteiger partial charge on any atom is 0.271 e. The molecule has 146 valence electrons. The van der Waals surface area contributed by atoms with Gasteiger partial charge in [-0.05, 0) is 36.3 Å². The maximum absolute atomic E-state index is 13.2. The molecule has 1 aliphatic carbocycles. The summed E-state index contributed by atoms with van der Waals surface area (Å²) in [5, 5.41) is 20.4. The number of pyridine rings is 1. The van der Waals surface area contributed by atoms with Crippen LogP contribution >= 0.6 is 0 Å². The van der Waals surface area contributed by atoms with Crippen LogP contribution in [0.15, 0.2) is 29.1 Å². The van der Waals surface area contributed by atoms with Gasteiger partial charge in [0.05, 0.1) is 5.56 Å². The van der Waals surface area contributed by atoms with Gasteiger partial charge >= 0.3 is 0 Å². The predicted octanol–water partition coefficient (Wildman–Crippen LogP) is 4.38. The molecule has 1 N–H and O–H groups in total. The van der Waals surface area contributed by atoms with Crippen molar-refractivity contribution in [2.75, 3.05) is 0 Å². The summed E-state index contributed by atoms with van der Waals surface area (Å²) < 4.78 is 1.26. The van der Waals surface area contributed by atoms with Crippen LogP contribution in [-0.2, 0) is 5.41 Å². The normalized spacial score (nSPS) is 14.8. The number of hydrogen-bond acceptors (Lipinski definition) is 4. The Morgan fingerprint density at radius 3 is 2.25 bits per heavy atom. The fourth-order valence-electron chi connectivity index (χ4n) is 3.96. The SMILES string of the molecule is Cc1c(C(=O)c2ccc(C(C)(C)C)cc2)c(O)n(C2CCCC2)c(=O)c1C#N. The first-order valence-corrected chi connectivity index (χ1v) is 9.70. The van der Waals surface area contributed by atoms with E-state index in [0.717, 1.165) is 31.2 Å². The van der Waals surface area contributed by atoms with E-state index in [1.807, 2.05) is 18.2 Å². The molecule has 3 rings (SSSR count). The van der Waals surface area contributed by atoms with E-state index >= 15 is 0 Å². The number of nitrogens with zero attached hydrogens (tertiary/aromatic N) is 2. The molecule has 0 saturated heterocycles. The van der Waals surface area contributed by atoms with Crippen molar-refractivity contribution < 1.29 is 9.90 Å². The number of benzene rings is 1. The van der Waals surface area contributed by atoms with Crippen LogP contribution in [0, 0.1) is 18.3 Å². The Kier molecular flexibility index (Phi) is 5.16. The predicted molar refractivity (Wildman–Crippen MR) is 108 cm³/mol. The summed E-state index contributed by atoms with van der Waals surface area (Å²) in [5.74, 6) is -0.697. The van der Waals surface area contributed by atoms with Crippen molar-refractivity contribution in [3.63, 3.8) is 0 Å². The largest absolute Gasteiger partial charge is 0.494 e. The maximum atomic E-state index is 13.2. The second kappa shape index (κ2) is 7.27. The van der Waals surface area contributed by atoms with Crippen molar-refractivity contribution in [2.45, 2.75) is 64.8 Å². The van der Waals surface area contributed by atoms with Crippen LogP contribution in [0.5, 0.6) is 5.88 Å². The molecule has 1 heterocycles. The van der Waals surface area contributed by atoms with E-state index in [1.54, 1.807) is 19.1 Å². The van der Waals surface area contributed by atoms with Gasteiger partial charge in [0.2, 0.25) is 5.88 Å². The molecule has 28 heavy (non-hydrogen) atoms. The minimum Gasteiger partial charge on any atom is -0.494 e. The van der Waals surface area contributed by atoms with Crippen LogP contribution in [0.1, 0.15) is 85.1 Å². The molecule has 5 heteroatoms. The Morgan fingerprint density at radius 1 is 1.18 bits per heavy atom. The number of rotatable bonds is 3. The van der Waals surface area contributed by atoms with Gasteiger partial charge < -0.3 is 5.11 Å². The molecule has 1 aromatic heterocycles. The number of hydrogen-bond donors (Lipinski definition) is 1. The molecule has 0 bridgehead atoms. The van der Waals surface area contributed by atoms with Crippen LogP contribution in [0.4, 0.5) is 0 Å². The Labute approximate surface area is 165 Å². The van der Waals surface area contributed by atoms with Gasteiger partial charge in [-0.1, -0.05) is 57.9 Å². The lowest BCUT2D eigenvalue weighted by Crippen LogP contribution is -2.29. The van der Waals surface area contributed by atoms with E-state index in [4.69, 9.17) is 0 Å². The molecule has 1 aliphatic rings. The third-order valence-corrected chi connectivity index (χ3v) is 5.68. The molecule has 0 amide bonds. The summed E-state index contributed by atoms with van der Waals surface area (Å²) in [6, 6.07) is 9.03. The summed E-state index contributed by atoms with van der Waals surface area (Å²) in [5.41, 5.74) is 1.19. The van der Waals surface area contributed by atoms with Crippen LogP contribution in [0.2, 0.25) is 0 Å². The van der Waals surface area contributed by atoms with Crippen molar-refractivity contribution in [2.24, 2.45) is 0 Å². The topological polar surface area (TPSA) is 83.1 Å². The van der Waals surface area contributed by atoms with Gasteiger partial charge in [-0.15, -0.1) is 0 Å². The third-order valence-electron chi connectivity index (χ3n) is 5.68. The molecular weight excluding hydrogens is 352 g/mol. The third kappa shape index (κ3) is 3.35. The minimum atomic E-state index is -0.510. The molecule has 1 saturated carbocycles. The zero-order valence-electron chi connectivity index (χ0n) is 16.9. The van der Waals surface area contributed by atoms with Crippen molar-refractivity contribution >= 4 is 5.78 Å². The van der Waals surface area contributed by atoms with Crippen LogP contribution in [-0.4, -0.2) is 15.5 Å². The van der Waals surface area contributed by atoms with E-state index in [1.165, 1.54) is 4.57 Å². The molecule has 1 aromatic carbocycles. The van der Waals surface area contributed by atoms with Gasteiger partial charge in [0, 0.05) is 11.6 Å². The van der Waals surface area contributed by atoms with Gasteiger partial charge in [-0.25, -0.2) is 0 Å². The second-order valence-corrected chi connectivity index (χ2v) is 8.58. The number of carbonyl (C=O) groups excluding carboxylic acids is 1. The van der Waals surface area contributed by atoms with Gasteiger partial charge in [0.15, 0.2) is 5.78 Å². The first-order valence-electron chi connectivity index (χ1n) is 9.70. The average Bonchev–Trinajstić information content (AvgIpc) is 3.15.